The molecule has 3 rings (SSSR count). The number of benzene rings is 1. The Kier molecular flexibility index (Phi) is 4.01. The lowest BCUT2D eigenvalue weighted by molar-refractivity contribution is -0.183. The predicted octanol–water partition coefficient (Wildman–Crippen LogP) is 2.21. The van der Waals surface area contributed by atoms with E-state index in [1.807, 2.05) is 6.07 Å². The molecule has 2 heterocycles. The van der Waals surface area contributed by atoms with E-state index >= 15 is 0 Å². The summed E-state index contributed by atoms with van der Waals surface area (Å²) >= 11 is 0. The van der Waals surface area contributed by atoms with Crippen LogP contribution in [0.25, 0.3) is 0 Å². The van der Waals surface area contributed by atoms with Crippen molar-refractivity contribution in [2.24, 2.45) is 0 Å². The summed E-state index contributed by atoms with van der Waals surface area (Å²) in [6.07, 6.45) is 1.91. The molecule has 1 aromatic carbocycles. The van der Waals surface area contributed by atoms with Gasteiger partial charge in [-0.2, -0.15) is 0 Å². The number of methoxy groups -OCH3 is 1. The summed E-state index contributed by atoms with van der Waals surface area (Å²) in [5.74, 6) is 1.41. The Bertz CT molecular complexity index is 423. The normalized spacial score (nSPS) is 24.6. The Labute approximate surface area is 114 Å². The van der Waals surface area contributed by atoms with Gasteiger partial charge in [-0.3, -0.25) is 0 Å². The van der Waals surface area contributed by atoms with E-state index in [1.165, 1.54) is 12.0 Å². The highest BCUT2D eigenvalue weighted by atomic mass is 16.7. The first-order valence-corrected chi connectivity index (χ1v) is 7.00. The van der Waals surface area contributed by atoms with Crippen molar-refractivity contribution in [3.05, 3.63) is 29.3 Å². The van der Waals surface area contributed by atoms with Gasteiger partial charge in [-0.05, 0) is 43.0 Å². The maximum absolute atomic E-state index is 5.77. The van der Waals surface area contributed by atoms with Crippen LogP contribution >= 0.6 is 0 Å². The Morgan fingerprint density at radius 3 is 2.74 bits per heavy atom. The van der Waals surface area contributed by atoms with Gasteiger partial charge in [0.05, 0.1) is 20.3 Å². The summed E-state index contributed by atoms with van der Waals surface area (Å²) in [6.45, 7) is 3.66. The highest BCUT2D eigenvalue weighted by molar-refractivity contribution is 5.39. The predicted molar refractivity (Wildman–Crippen MR) is 72.5 cm³/mol. The molecule has 4 nitrogen and oxygen atoms in total. The standard InChI is InChI=1S/C15H21NO3/c1-17-12-3-4-13(11-5-6-16-10-11)14(9-12)15-18-7-2-8-19-15/h3-4,9,11,15-16H,2,5-8,10H2,1H3. The Balaban J connectivity index is 1.92. The third kappa shape index (κ3) is 2.76. The molecule has 1 N–H and O–H groups in total. The number of hydrogen-bond acceptors (Lipinski definition) is 4. The molecule has 1 unspecified atom stereocenters. The van der Waals surface area contributed by atoms with E-state index in [2.05, 4.69) is 17.4 Å². The smallest absolute Gasteiger partial charge is 0.184 e. The summed E-state index contributed by atoms with van der Waals surface area (Å²) in [4.78, 5) is 0. The minimum absolute atomic E-state index is 0.237. The fourth-order valence-corrected chi connectivity index (χ4v) is 2.84. The van der Waals surface area contributed by atoms with Gasteiger partial charge in [0.1, 0.15) is 5.75 Å². The van der Waals surface area contributed by atoms with Gasteiger partial charge in [-0.15, -0.1) is 0 Å². The van der Waals surface area contributed by atoms with Gasteiger partial charge in [-0.25, -0.2) is 0 Å². The van der Waals surface area contributed by atoms with E-state index in [1.54, 1.807) is 7.11 Å². The first-order chi connectivity index (χ1) is 9.38. The van der Waals surface area contributed by atoms with Crippen molar-refractivity contribution < 1.29 is 14.2 Å². The van der Waals surface area contributed by atoms with Crippen LogP contribution < -0.4 is 10.1 Å². The lowest BCUT2D eigenvalue weighted by atomic mass is 9.92. The van der Waals surface area contributed by atoms with E-state index in [0.717, 1.165) is 44.0 Å². The molecule has 2 aliphatic rings. The van der Waals surface area contributed by atoms with Crippen LogP contribution in [0, 0.1) is 0 Å². The zero-order valence-corrected chi connectivity index (χ0v) is 11.4. The Hall–Kier alpha value is -1.10. The van der Waals surface area contributed by atoms with Gasteiger partial charge in [0.2, 0.25) is 0 Å². The summed E-state index contributed by atoms with van der Waals surface area (Å²) in [5.41, 5.74) is 2.46. The molecule has 0 spiro atoms. The molecule has 0 bridgehead atoms. The number of hydrogen-bond donors (Lipinski definition) is 1. The maximum atomic E-state index is 5.77. The van der Waals surface area contributed by atoms with Crippen LogP contribution in [-0.4, -0.2) is 33.4 Å². The van der Waals surface area contributed by atoms with Crippen LogP contribution in [-0.2, 0) is 9.47 Å². The number of nitrogens with one attached hydrogen (secondary N) is 1. The van der Waals surface area contributed by atoms with Crippen LogP contribution in [0.15, 0.2) is 18.2 Å². The SMILES string of the molecule is COc1ccc(C2CCNC2)c(C2OCCCO2)c1. The summed E-state index contributed by atoms with van der Waals surface area (Å²) in [7, 11) is 1.69. The molecule has 1 aromatic rings. The first kappa shape index (κ1) is 12.9. The molecule has 1 atom stereocenters. The molecular weight excluding hydrogens is 242 g/mol. The Morgan fingerprint density at radius 2 is 2.05 bits per heavy atom. The maximum Gasteiger partial charge on any atom is 0.184 e. The third-order valence-corrected chi connectivity index (χ3v) is 3.88. The van der Waals surface area contributed by atoms with Gasteiger partial charge in [0.15, 0.2) is 6.29 Å². The fourth-order valence-electron chi connectivity index (χ4n) is 2.84. The lowest BCUT2D eigenvalue weighted by Gasteiger charge is -2.27. The largest absolute Gasteiger partial charge is 0.497 e. The molecule has 0 radical (unpaired) electrons. The van der Waals surface area contributed by atoms with Crippen molar-refractivity contribution in [1.82, 2.24) is 5.32 Å². The average molecular weight is 263 g/mol. The molecule has 19 heavy (non-hydrogen) atoms. The number of rotatable bonds is 3. The van der Waals surface area contributed by atoms with Crippen LogP contribution in [0.1, 0.15) is 36.2 Å². The van der Waals surface area contributed by atoms with Crippen molar-refractivity contribution in [3.8, 4) is 5.75 Å². The van der Waals surface area contributed by atoms with Gasteiger partial charge < -0.3 is 19.5 Å². The third-order valence-electron chi connectivity index (χ3n) is 3.88. The molecule has 2 fully saturated rings. The molecule has 0 aliphatic carbocycles. The molecule has 0 aromatic heterocycles. The lowest BCUT2D eigenvalue weighted by Crippen LogP contribution is -2.20. The Morgan fingerprint density at radius 1 is 1.21 bits per heavy atom. The fraction of sp³-hybridized carbons (Fsp3) is 0.600. The molecule has 0 saturated carbocycles. The first-order valence-electron chi connectivity index (χ1n) is 7.00. The summed E-state index contributed by atoms with van der Waals surface area (Å²) in [5, 5.41) is 3.42. The molecule has 104 valence electrons. The summed E-state index contributed by atoms with van der Waals surface area (Å²) < 4.78 is 16.9. The average Bonchev–Trinajstić information content (AvgIpc) is 3.01. The van der Waals surface area contributed by atoms with Gasteiger partial charge in [0.25, 0.3) is 0 Å². The van der Waals surface area contributed by atoms with Crippen molar-refractivity contribution in [3.63, 3.8) is 0 Å². The van der Waals surface area contributed by atoms with Crippen molar-refractivity contribution >= 4 is 0 Å². The van der Waals surface area contributed by atoms with Gasteiger partial charge in [0, 0.05) is 12.1 Å². The topological polar surface area (TPSA) is 39.7 Å². The zero-order valence-electron chi connectivity index (χ0n) is 11.4. The van der Waals surface area contributed by atoms with Crippen LogP contribution in [0.4, 0.5) is 0 Å². The molecule has 4 heteroatoms. The van der Waals surface area contributed by atoms with Crippen LogP contribution in [0.3, 0.4) is 0 Å². The van der Waals surface area contributed by atoms with E-state index in [9.17, 15) is 0 Å². The minimum atomic E-state index is -0.237. The monoisotopic (exact) mass is 263 g/mol. The van der Waals surface area contributed by atoms with Crippen LogP contribution in [0.2, 0.25) is 0 Å². The zero-order chi connectivity index (χ0) is 13.1. The van der Waals surface area contributed by atoms with Crippen molar-refractivity contribution in [2.75, 3.05) is 33.4 Å². The molecule has 2 aliphatic heterocycles. The van der Waals surface area contributed by atoms with Crippen molar-refractivity contribution in [1.29, 1.82) is 0 Å². The van der Waals surface area contributed by atoms with Gasteiger partial charge in [-0.1, -0.05) is 6.07 Å². The minimum Gasteiger partial charge on any atom is -0.497 e. The highest BCUT2D eigenvalue weighted by Gasteiger charge is 2.26. The molecule has 0 amide bonds. The second-order valence-corrected chi connectivity index (χ2v) is 5.11. The number of ether oxygens (including phenoxy) is 3. The van der Waals surface area contributed by atoms with Gasteiger partial charge >= 0.3 is 0 Å². The second-order valence-electron chi connectivity index (χ2n) is 5.11. The van der Waals surface area contributed by atoms with Crippen LogP contribution in [0.5, 0.6) is 5.75 Å². The van der Waals surface area contributed by atoms with E-state index in [-0.39, 0.29) is 6.29 Å². The second kappa shape index (κ2) is 5.90. The van der Waals surface area contributed by atoms with E-state index in [0.29, 0.717) is 5.92 Å². The van der Waals surface area contributed by atoms with E-state index in [4.69, 9.17) is 14.2 Å². The molecule has 2 saturated heterocycles. The molecular formula is C15H21NO3. The quantitative estimate of drug-likeness (QED) is 0.907. The highest BCUT2D eigenvalue weighted by Crippen LogP contribution is 2.35. The summed E-state index contributed by atoms with van der Waals surface area (Å²) in [6, 6.07) is 6.25. The van der Waals surface area contributed by atoms with E-state index < -0.39 is 0 Å². The van der Waals surface area contributed by atoms with Crippen molar-refractivity contribution in [2.45, 2.75) is 25.0 Å².